The highest BCUT2D eigenvalue weighted by molar-refractivity contribution is 5.91. The van der Waals surface area contributed by atoms with Gasteiger partial charge in [-0.15, -0.1) is 0 Å². The fraction of sp³-hybridized carbons (Fsp3) is 0.222. The standard InChI is InChI=1S/C18H16F3N3O3/c1-25-13-8-10(9-14(26-2)15(13)27-3)22-16-11-6-4-5-7-12(11)23-17(24-16)18(19,20)21/h4-9H,1-3H3,(H,22,23,24). The number of alkyl halides is 3. The van der Waals surface area contributed by atoms with Gasteiger partial charge in [0.15, 0.2) is 11.5 Å². The van der Waals surface area contributed by atoms with Crippen LogP contribution in [0, 0.1) is 0 Å². The Labute approximate surface area is 152 Å². The second-order valence-electron chi connectivity index (χ2n) is 5.45. The molecule has 1 aromatic heterocycles. The van der Waals surface area contributed by atoms with E-state index in [4.69, 9.17) is 14.2 Å². The molecule has 0 saturated heterocycles. The summed E-state index contributed by atoms with van der Waals surface area (Å²) < 4.78 is 55.3. The SMILES string of the molecule is COc1cc(Nc2nc(C(F)(F)F)nc3ccccc23)cc(OC)c1OC. The summed E-state index contributed by atoms with van der Waals surface area (Å²) in [5.74, 6) is -0.130. The third-order valence-electron chi connectivity index (χ3n) is 3.78. The van der Waals surface area contributed by atoms with Crippen molar-refractivity contribution in [2.75, 3.05) is 26.6 Å². The molecule has 1 N–H and O–H groups in total. The van der Waals surface area contributed by atoms with Gasteiger partial charge < -0.3 is 19.5 Å². The van der Waals surface area contributed by atoms with E-state index in [1.807, 2.05) is 0 Å². The number of hydrogen-bond acceptors (Lipinski definition) is 6. The van der Waals surface area contributed by atoms with Crippen LogP contribution in [0.3, 0.4) is 0 Å². The molecule has 27 heavy (non-hydrogen) atoms. The predicted octanol–water partition coefficient (Wildman–Crippen LogP) is 4.42. The highest BCUT2D eigenvalue weighted by Crippen LogP contribution is 2.41. The number of hydrogen-bond donors (Lipinski definition) is 1. The van der Waals surface area contributed by atoms with Crippen LogP contribution in [-0.2, 0) is 6.18 Å². The molecule has 3 rings (SSSR count). The molecule has 0 aliphatic heterocycles. The Morgan fingerprint density at radius 3 is 2.07 bits per heavy atom. The normalized spacial score (nSPS) is 11.3. The van der Waals surface area contributed by atoms with Gasteiger partial charge >= 0.3 is 6.18 Å². The van der Waals surface area contributed by atoms with Crippen LogP contribution in [0.1, 0.15) is 5.82 Å². The molecule has 1 heterocycles. The molecule has 3 aromatic rings. The Kier molecular flexibility index (Phi) is 4.93. The van der Waals surface area contributed by atoms with Crippen molar-refractivity contribution in [1.29, 1.82) is 0 Å². The van der Waals surface area contributed by atoms with Crippen LogP contribution in [0.4, 0.5) is 24.7 Å². The van der Waals surface area contributed by atoms with Gasteiger partial charge in [0.1, 0.15) is 5.82 Å². The number of rotatable bonds is 5. The lowest BCUT2D eigenvalue weighted by molar-refractivity contribution is -0.144. The number of nitrogens with zero attached hydrogens (tertiary/aromatic N) is 2. The number of fused-ring (bicyclic) bond motifs is 1. The van der Waals surface area contributed by atoms with E-state index in [9.17, 15) is 13.2 Å². The van der Waals surface area contributed by atoms with Crippen molar-refractivity contribution in [1.82, 2.24) is 9.97 Å². The van der Waals surface area contributed by atoms with Gasteiger partial charge in [0.25, 0.3) is 0 Å². The van der Waals surface area contributed by atoms with E-state index in [0.717, 1.165) is 0 Å². The van der Waals surface area contributed by atoms with Crippen LogP contribution in [-0.4, -0.2) is 31.3 Å². The number of ether oxygens (including phenoxy) is 3. The van der Waals surface area contributed by atoms with Gasteiger partial charge in [0.2, 0.25) is 11.6 Å². The minimum atomic E-state index is -4.67. The lowest BCUT2D eigenvalue weighted by Crippen LogP contribution is -2.12. The maximum Gasteiger partial charge on any atom is 0.451 e. The highest BCUT2D eigenvalue weighted by Gasteiger charge is 2.35. The van der Waals surface area contributed by atoms with Crippen LogP contribution in [0.15, 0.2) is 36.4 Å². The molecular weight excluding hydrogens is 363 g/mol. The molecule has 0 aliphatic rings. The summed E-state index contributed by atoms with van der Waals surface area (Å²) in [5, 5.41) is 3.34. The van der Waals surface area contributed by atoms with Gasteiger partial charge in [-0.25, -0.2) is 9.97 Å². The van der Waals surface area contributed by atoms with Crippen molar-refractivity contribution in [2.24, 2.45) is 0 Å². The first kappa shape index (κ1) is 18.6. The minimum Gasteiger partial charge on any atom is -0.493 e. The summed E-state index contributed by atoms with van der Waals surface area (Å²) >= 11 is 0. The average molecular weight is 379 g/mol. The van der Waals surface area contributed by atoms with E-state index in [2.05, 4.69) is 15.3 Å². The van der Waals surface area contributed by atoms with Crippen molar-refractivity contribution >= 4 is 22.4 Å². The molecule has 0 fully saturated rings. The largest absolute Gasteiger partial charge is 0.493 e. The van der Waals surface area contributed by atoms with Gasteiger partial charge in [0, 0.05) is 23.2 Å². The smallest absolute Gasteiger partial charge is 0.451 e. The van der Waals surface area contributed by atoms with E-state index in [-0.39, 0.29) is 11.3 Å². The van der Waals surface area contributed by atoms with Crippen LogP contribution in [0.5, 0.6) is 17.2 Å². The monoisotopic (exact) mass is 379 g/mol. The first-order valence-corrected chi connectivity index (χ1v) is 7.78. The van der Waals surface area contributed by atoms with Crippen LogP contribution >= 0.6 is 0 Å². The fourth-order valence-electron chi connectivity index (χ4n) is 2.59. The van der Waals surface area contributed by atoms with E-state index >= 15 is 0 Å². The highest BCUT2D eigenvalue weighted by atomic mass is 19.4. The van der Waals surface area contributed by atoms with Crippen molar-refractivity contribution < 1.29 is 27.4 Å². The van der Waals surface area contributed by atoms with Crippen molar-refractivity contribution in [3.8, 4) is 17.2 Å². The number of anilines is 2. The molecule has 0 amide bonds. The molecule has 6 nitrogen and oxygen atoms in total. The molecule has 0 unspecified atom stereocenters. The maximum absolute atomic E-state index is 13.2. The molecule has 0 bridgehead atoms. The number of nitrogens with one attached hydrogen (secondary N) is 1. The maximum atomic E-state index is 13.2. The van der Waals surface area contributed by atoms with Gasteiger partial charge in [-0.05, 0) is 12.1 Å². The Morgan fingerprint density at radius 1 is 0.889 bits per heavy atom. The number of para-hydroxylation sites is 1. The van der Waals surface area contributed by atoms with Crippen molar-refractivity contribution in [3.63, 3.8) is 0 Å². The number of halogens is 3. The van der Waals surface area contributed by atoms with Crippen LogP contribution in [0.2, 0.25) is 0 Å². The minimum absolute atomic E-state index is 0.0159. The van der Waals surface area contributed by atoms with Crippen LogP contribution < -0.4 is 19.5 Å². The summed E-state index contributed by atoms with van der Waals surface area (Å²) in [7, 11) is 4.35. The summed E-state index contributed by atoms with van der Waals surface area (Å²) in [6, 6.07) is 9.58. The number of methoxy groups -OCH3 is 3. The lowest BCUT2D eigenvalue weighted by atomic mass is 10.2. The van der Waals surface area contributed by atoms with Gasteiger partial charge in [0.05, 0.1) is 26.8 Å². The molecule has 2 aromatic carbocycles. The lowest BCUT2D eigenvalue weighted by Gasteiger charge is -2.16. The average Bonchev–Trinajstić information content (AvgIpc) is 2.66. The summed E-state index contributed by atoms with van der Waals surface area (Å²) in [6.45, 7) is 0. The Balaban J connectivity index is 2.14. The Morgan fingerprint density at radius 2 is 1.52 bits per heavy atom. The zero-order valence-electron chi connectivity index (χ0n) is 14.7. The summed E-state index contributed by atoms with van der Waals surface area (Å²) in [4.78, 5) is 7.26. The zero-order valence-corrected chi connectivity index (χ0v) is 14.7. The molecule has 0 aliphatic carbocycles. The van der Waals surface area contributed by atoms with E-state index in [0.29, 0.717) is 28.3 Å². The van der Waals surface area contributed by atoms with Gasteiger partial charge in [-0.2, -0.15) is 13.2 Å². The first-order chi connectivity index (χ1) is 12.9. The number of aromatic nitrogens is 2. The quantitative estimate of drug-likeness (QED) is 0.708. The predicted molar refractivity (Wildman–Crippen MR) is 93.9 cm³/mol. The Bertz CT molecular complexity index is 952. The van der Waals surface area contributed by atoms with E-state index < -0.39 is 12.0 Å². The zero-order chi connectivity index (χ0) is 19.6. The molecule has 0 radical (unpaired) electrons. The van der Waals surface area contributed by atoms with Crippen molar-refractivity contribution in [2.45, 2.75) is 6.18 Å². The first-order valence-electron chi connectivity index (χ1n) is 7.78. The van der Waals surface area contributed by atoms with E-state index in [1.54, 1.807) is 30.3 Å². The topological polar surface area (TPSA) is 65.5 Å². The van der Waals surface area contributed by atoms with E-state index in [1.165, 1.54) is 27.4 Å². The molecule has 0 saturated carbocycles. The van der Waals surface area contributed by atoms with Gasteiger partial charge in [-0.1, -0.05) is 12.1 Å². The second-order valence-corrected chi connectivity index (χ2v) is 5.45. The summed E-state index contributed by atoms with van der Waals surface area (Å²) in [5.41, 5.74) is 0.594. The second kappa shape index (κ2) is 7.18. The fourth-order valence-corrected chi connectivity index (χ4v) is 2.59. The third kappa shape index (κ3) is 3.67. The molecule has 9 heteroatoms. The molecule has 142 valence electrons. The number of benzene rings is 2. The molecular formula is C18H16F3N3O3. The third-order valence-corrected chi connectivity index (χ3v) is 3.78. The Hall–Kier alpha value is -3.23. The molecule has 0 atom stereocenters. The van der Waals surface area contributed by atoms with Crippen molar-refractivity contribution in [3.05, 3.63) is 42.2 Å². The molecule has 0 spiro atoms. The van der Waals surface area contributed by atoms with Gasteiger partial charge in [-0.3, -0.25) is 0 Å². The van der Waals surface area contributed by atoms with Crippen LogP contribution in [0.25, 0.3) is 10.9 Å². The summed E-state index contributed by atoms with van der Waals surface area (Å²) in [6.07, 6.45) is -4.67.